The second-order valence-corrected chi connectivity index (χ2v) is 3.06. The number of nitrogens with zero attached hydrogens (tertiary/aromatic N) is 1. The lowest BCUT2D eigenvalue weighted by Gasteiger charge is -2.06. The molecular formula is C9H9FN2O3. The molecule has 0 bridgehead atoms. The number of benzene rings is 1. The molecule has 1 amide bonds. The molecule has 0 radical (unpaired) electrons. The molecule has 0 aliphatic heterocycles. The van der Waals surface area contributed by atoms with E-state index in [1.54, 1.807) is 6.92 Å². The fourth-order valence-corrected chi connectivity index (χ4v) is 1.13. The van der Waals surface area contributed by atoms with Gasteiger partial charge in [-0.3, -0.25) is 14.9 Å². The van der Waals surface area contributed by atoms with E-state index in [0.29, 0.717) is 5.56 Å². The van der Waals surface area contributed by atoms with Crippen molar-refractivity contribution in [2.75, 3.05) is 5.32 Å². The minimum absolute atomic E-state index is 0.246. The van der Waals surface area contributed by atoms with E-state index in [4.69, 9.17) is 0 Å². The summed E-state index contributed by atoms with van der Waals surface area (Å²) in [7, 11) is 0. The van der Waals surface area contributed by atoms with Crippen LogP contribution in [0.15, 0.2) is 12.1 Å². The van der Waals surface area contributed by atoms with Crippen LogP contribution in [0, 0.1) is 22.9 Å². The number of halogens is 1. The molecule has 15 heavy (non-hydrogen) atoms. The first-order chi connectivity index (χ1) is 6.91. The van der Waals surface area contributed by atoms with Gasteiger partial charge in [0, 0.05) is 13.0 Å². The molecule has 0 aliphatic rings. The Balaban J connectivity index is 3.23. The van der Waals surface area contributed by atoms with Gasteiger partial charge in [-0.25, -0.2) is 0 Å². The standard InChI is InChI=1S/C9H9FN2O3/c1-5-3-7(10)9(12(14)15)4-8(5)11-6(2)13/h3-4H,1-2H3,(H,11,13). The molecule has 0 saturated heterocycles. The van der Waals surface area contributed by atoms with Crippen LogP contribution in [-0.4, -0.2) is 10.8 Å². The Morgan fingerprint density at radius 1 is 1.53 bits per heavy atom. The maximum absolute atomic E-state index is 13.1. The fraction of sp³-hybridized carbons (Fsp3) is 0.222. The zero-order valence-corrected chi connectivity index (χ0v) is 8.20. The van der Waals surface area contributed by atoms with Crippen LogP contribution in [-0.2, 0) is 4.79 Å². The van der Waals surface area contributed by atoms with Crippen molar-refractivity contribution in [2.24, 2.45) is 0 Å². The van der Waals surface area contributed by atoms with E-state index in [1.165, 1.54) is 6.92 Å². The minimum Gasteiger partial charge on any atom is -0.326 e. The van der Waals surface area contributed by atoms with Crippen molar-refractivity contribution in [1.82, 2.24) is 0 Å². The van der Waals surface area contributed by atoms with E-state index in [9.17, 15) is 19.3 Å². The van der Waals surface area contributed by atoms with Crippen LogP contribution in [0.25, 0.3) is 0 Å². The van der Waals surface area contributed by atoms with E-state index in [2.05, 4.69) is 5.32 Å². The van der Waals surface area contributed by atoms with Gasteiger partial charge in [-0.15, -0.1) is 0 Å². The van der Waals surface area contributed by atoms with Gasteiger partial charge in [0.15, 0.2) is 0 Å². The number of nitro benzene ring substituents is 1. The molecule has 0 heterocycles. The van der Waals surface area contributed by atoms with Crippen molar-refractivity contribution >= 4 is 17.3 Å². The molecule has 0 spiro atoms. The van der Waals surface area contributed by atoms with Gasteiger partial charge in [-0.05, 0) is 18.6 Å². The normalized spacial score (nSPS) is 9.80. The number of carbonyl (C=O) groups is 1. The number of amides is 1. The Kier molecular flexibility index (Phi) is 2.99. The highest BCUT2D eigenvalue weighted by atomic mass is 19.1. The summed E-state index contributed by atoms with van der Waals surface area (Å²) in [4.78, 5) is 20.3. The van der Waals surface area contributed by atoms with Crippen LogP contribution < -0.4 is 5.32 Å². The average molecular weight is 212 g/mol. The van der Waals surface area contributed by atoms with E-state index >= 15 is 0 Å². The zero-order valence-electron chi connectivity index (χ0n) is 8.20. The number of anilines is 1. The smallest absolute Gasteiger partial charge is 0.306 e. The summed E-state index contributed by atoms with van der Waals surface area (Å²) in [5, 5.41) is 12.8. The molecule has 0 atom stereocenters. The Hall–Kier alpha value is -1.98. The summed E-state index contributed by atoms with van der Waals surface area (Å²) in [5.74, 6) is -1.27. The lowest BCUT2D eigenvalue weighted by atomic mass is 10.1. The molecule has 80 valence electrons. The predicted molar refractivity (Wildman–Crippen MR) is 52.1 cm³/mol. The molecule has 0 fully saturated rings. The largest absolute Gasteiger partial charge is 0.326 e. The van der Waals surface area contributed by atoms with E-state index in [-0.39, 0.29) is 11.6 Å². The third kappa shape index (κ3) is 2.49. The summed E-state index contributed by atoms with van der Waals surface area (Å²) in [6.45, 7) is 2.83. The summed E-state index contributed by atoms with van der Waals surface area (Å²) in [5.41, 5.74) is 0.0354. The molecule has 1 aromatic rings. The maximum Gasteiger partial charge on any atom is 0.306 e. The van der Waals surface area contributed by atoms with Gasteiger partial charge in [-0.2, -0.15) is 4.39 Å². The Morgan fingerprint density at radius 2 is 2.13 bits per heavy atom. The first-order valence-electron chi connectivity index (χ1n) is 4.14. The Bertz CT molecular complexity index is 432. The van der Waals surface area contributed by atoms with Crippen molar-refractivity contribution in [3.63, 3.8) is 0 Å². The zero-order chi connectivity index (χ0) is 11.6. The Morgan fingerprint density at radius 3 is 2.60 bits per heavy atom. The van der Waals surface area contributed by atoms with E-state index in [0.717, 1.165) is 12.1 Å². The van der Waals surface area contributed by atoms with E-state index in [1.807, 2.05) is 0 Å². The van der Waals surface area contributed by atoms with Crippen LogP contribution in [0.3, 0.4) is 0 Å². The van der Waals surface area contributed by atoms with Crippen LogP contribution in [0.1, 0.15) is 12.5 Å². The van der Waals surface area contributed by atoms with Gasteiger partial charge < -0.3 is 5.32 Å². The quantitative estimate of drug-likeness (QED) is 0.601. The number of carbonyl (C=O) groups excluding carboxylic acids is 1. The number of nitrogens with one attached hydrogen (secondary N) is 1. The molecule has 0 unspecified atom stereocenters. The summed E-state index contributed by atoms with van der Waals surface area (Å²) in [6, 6.07) is 2.02. The second kappa shape index (κ2) is 4.04. The highest BCUT2D eigenvalue weighted by Crippen LogP contribution is 2.25. The molecule has 6 heteroatoms. The van der Waals surface area contributed by atoms with Gasteiger partial charge in [0.25, 0.3) is 0 Å². The SMILES string of the molecule is CC(=O)Nc1cc([N+](=O)[O-])c(F)cc1C. The highest BCUT2D eigenvalue weighted by Gasteiger charge is 2.16. The molecule has 5 nitrogen and oxygen atoms in total. The summed E-state index contributed by atoms with van der Waals surface area (Å²) >= 11 is 0. The van der Waals surface area contributed by atoms with Gasteiger partial charge >= 0.3 is 5.69 Å². The van der Waals surface area contributed by atoms with Crippen LogP contribution in [0.4, 0.5) is 15.8 Å². The third-order valence-corrected chi connectivity index (χ3v) is 1.80. The molecule has 1 rings (SSSR count). The second-order valence-electron chi connectivity index (χ2n) is 3.06. The van der Waals surface area contributed by atoms with Crippen molar-refractivity contribution in [2.45, 2.75) is 13.8 Å². The van der Waals surface area contributed by atoms with Crippen molar-refractivity contribution in [1.29, 1.82) is 0 Å². The van der Waals surface area contributed by atoms with Gasteiger partial charge in [0.1, 0.15) is 0 Å². The van der Waals surface area contributed by atoms with Crippen LogP contribution >= 0.6 is 0 Å². The molecular weight excluding hydrogens is 203 g/mol. The monoisotopic (exact) mass is 212 g/mol. The number of rotatable bonds is 2. The topological polar surface area (TPSA) is 72.2 Å². The highest BCUT2D eigenvalue weighted by molar-refractivity contribution is 5.89. The molecule has 0 saturated carbocycles. The molecule has 1 aromatic carbocycles. The number of nitro groups is 1. The number of hydrogen-bond donors (Lipinski definition) is 1. The first-order valence-corrected chi connectivity index (χ1v) is 4.14. The summed E-state index contributed by atoms with van der Waals surface area (Å²) in [6.07, 6.45) is 0. The molecule has 0 aromatic heterocycles. The van der Waals surface area contributed by atoms with Crippen LogP contribution in [0.2, 0.25) is 0 Å². The van der Waals surface area contributed by atoms with Crippen molar-refractivity contribution in [3.8, 4) is 0 Å². The van der Waals surface area contributed by atoms with Gasteiger partial charge in [0.2, 0.25) is 11.7 Å². The van der Waals surface area contributed by atoms with Crippen LogP contribution in [0.5, 0.6) is 0 Å². The van der Waals surface area contributed by atoms with Crippen molar-refractivity contribution in [3.05, 3.63) is 33.6 Å². The maximum atomic E-state index is 13.1. The van der Waals surface area contributed by atoms with Crippen molar-refractivity contribution < 1.29 is 14.1 Å². The van der Waals surface area contributed by atoms with Gasteiger partial charge in [0.05, 0.1) is 10.6 Å². The number of aryl methyl sites for hydroxylation is 1. The lowest BCUT2D eigenvalue weighted by molar-refractivity contribution is -0.387. The molecule has 0 aliphatic carbocycles. The fourth-order valence-electron chi connectivity index (χ4n) is 1.13. The lowest BCUT2D eigenvalue weighted by Crippen LogP contribution is -2.08. The predicted octanol–water partition coefficient (Wildman–Crippen LogP) is 2.00. The summed E-state index contributed by atoms with van der Waals surface area (Å²) < 4.78 is 13.1. The Labute approximate surface area is 85.1 Å². The molecule has 1 N–H and O–H groups in total. The van der Waals surface area contributed by atoms with Gasteiger partial charge in [-0.1, -0.05) is 0 Å². The average Bonchev–Trinajstić information content (AvgIpc) is 2.08. The third-order valence-electron chi connectivity index (χ3n) is 1.80. The number of hydrogen-bond acceptors (Lipinski definition) is 3. The minimum atomic E-state index is -0.911. The van der Waals surface area contributed by atoms with E-state index < -0.39 is 16.4 Å². The first kappa shape index (κ1) is 11.1.